The van der Waals surface area contributed by atoms with Crippen LogP contribution < -0.4 is 5.32 Å². The molecule has 0 aromatic heterocycles. The topological polar surface area (TPSA) is 48.2 Å². The molecule has 0 bridgehead atoms. The molecule has 1 aromatic rings. The maximum atomic E-state index is 13.0. The predicted octanol–water partition coefficient (Wildman–Crippen LogP) is 3.55. The van der Waals surface area contributed by atoms with E-state index in [0.29, 0.717) is 10.9 Å². The highest BCUT2D eigenvalue weighted by Crippen LogP contribution is 2.34. The molecule has 0 fully saturated rings. The van der Waals surface area contributed by atoms with Gasteiger partial charge in [0.05, 0.1) is 15.7 Å². The highest BCUT2D eigenvalue weighted by atomic mass is 35.5. The second-order valence-corrected chi connectivity index (χ2v) is 4.10. The first-order valence-corrected chi connectivity index (χ1v) is 5.99. The number of hydrogen-bond donors (Lipinski definition) is 1. The van der Waals surface area contributed by atoms with E-state index >= 15 is 0 Å². The molecule has 0 unspecified atom stereocenters. The molecule has 0 radical (unpaired) electrons. The average Bonchev–Trinajstić information content (AvgIpc) is 2.29. The van der Waals surface area contributed by atoms with Crippen LogP contribution in [-0.4, -0.2) is 11.4 Å². The van der Waals surface area contributed by atoms with Gasteiger partial charge in [0.15, 0.2) is 11.4 Å². The first-order valence-electron chi connectivity index (χ1n) is 4.01. The molecule has 0 atom stereocenters. The fraction of sp³-hybridized carbons (Fsp3) is 0.111. The van der Waals surface area contributed by atoms with Crippen LogP contribution in [0.1, 0.15) is 0 Å². The zero-order chi connectivity index (χ0) is 12.1. The molecular weight excluding hydrogens is 272 g/mol. The van der Waals surface area contributed by atoms with E-state index in [1.54, 1.807) is 12.4 Å². The third kappa shape index (κ3) is 3.01. The second-order valence-electron chi connectivity index (χ2n) is 2.55. The van der Waals surface area contributed by atoms with Crippen molar-refractivity contribution >= 4 is 45.8 Å². The number of thioether (sulfide) groups is 1. The van der Waals surface area contributed by atoms with Crippen molar-refractivity contribution in [2.75, 3.05) is 6.26 Å². The van der Waals surface area contributed by atoms with Crippen LogP contribution in [0.5, 0.6) is 0 Å². The molecule has 84 valence electrons. The van der Waals surface area contributed by atoms with Crippen molar-refractivity contribution in [1.29, 1.82) is 5.26 Å². The second kappa shape index (κ2) is 5.94. The summed E-state index contributed by atoms with van der Waals surface area (Å²) >= 11 is 12.6. The van der Waals surface area contributed by atoms with Gasteiger partial charge in [-0.2, -0.15) is 5.26 Å². The van der Waals surface area contributed by atoms with Crippen LogP contribution in [0.2, 0.25) is 10.0 Å². The fourth-order valence-corrected chi connectivity index (χ4v) is 1.58. The number of nitrogens with one attached hydrogen (secondary N) is 1. The Hall–Kier alpha value is -0.960. The highest BCUT2D eigenvalue weighted by molar-refractivity contribution is 8.13. The third-order valence-corrected chi connectivity index (χ3v) is 3.02. The fourth-order valence-electron chi connectivity index (χ4n) is 0.884. The quantitative estimate of drug-likeness (QED) is 0.281. The number of nitriles is 1. The van der Waals surface area contributed by atoms with Crippen LogP contribution in [0.3, 0.4) is 0 Å². The van der Waals surface area contributed by atoms with E-state index < -0.39 is 5.82 Å². The van der Waals surface area contributed by atoms with Crippen LogP contribution in [0.25, 0.3) is 0 Å². The maximum Gasteiger partial charge on any atom is 0.183 e. The summed E-state index contributed by atoms with van der Waals surface area (Å²) in [5.74, 6) is -0.607. The van der Waals surface area contributed by atoms with Crippen LogP contribution in [0, 0.1) is 17.3 Å². The molecule has 0 amide bonds. The minimum absolute atomic E-state index is 0.0213. The number of benzene rings is 1. The monoisotopic (exact) mass is 277 g/mol. The average molecular weight is 278 g/mol. The lowest BCUT2D eigenvalue weighted by molar-refractivity contribution is 0.628. The van der Waals surface area contributed by atoms with Crippen molar-refractivity contribution < 1.29 is 4.39 Å². The SMILES string of the molecule is CSC(=Nc1ccc(F)c(Cl)c1Cl)NC#N. The van der Waals surface area contributed by atoms with E-state index in [2.05, 4.69) is 10.3 Å². The van der Waals surface area contributed by atoms with E-state index in [-0.39, 0.29) is 10.0 Å². The molecule has 0 spiro atoms. The number of amidine groups is 1. The summed E-state index contributed by atoms with van der Waals surface area (Å²) in [5, 5.41) is 11.0. The van der Waals surface area contributed by atoms with Gasteiger partial charge < -0.3 is 0 Å². The first kappa shape index (κ1) is 13.1. The van der Waals surface area contributed by atoms with E-state index in [4.69, 9.17) is 28.5 Å². The minimum Gasteiger partial charge on any atom is -0.271 e. The Kier molecular flexibility index (Phi) is 4.87. The van der Waals surface area contributed by atoms with Gasteiger partial charge in [0.1, 0.15) is 5.82 Å². The Morgan fingerprint density at radius 2 is 2.19 bits per heavy atom. The summed E-state index contributed by atoms with van der Waals surface area (Å²) in [7, 11) is 0. The first-order chi connectivity index (χ1) is 7.60. The van der Waals surface area contributed by atoms with Gasteiger partial charge in [0, 0.05) is 0 Å². The maximum absolute atomic E-state index is 13.0. The third-order valence-electron chi connectivity index (χ3n) is 1.59. The molecular formula is C9H6Cl2FN3S. The summed E-state index contributed by atoms with van der Waals surface area (Å²) in [6.45, 7) is 0. The Balaban J connectivity index is 3.15. The normalized spacial score (nSPS) is 11.1. The van der Waals surface area contributed by atoms with Crippen molar-refractivity contribution in [2.45, 2.75) is 0 Å². The van der Waals surface area contributed by atoms with E-state index in [1.165, 1.54) is 17.8 Å². The lowest BCUT2D eigenvalue weighted by atomic mass is 10.3. The zero-order valence-corrected chi connectivity index (χ0v) is 10.4. The molecule has 0 aliphatic carbocycles. The van der Waals surface area contributed by atoms with Crippen molar-refractivity contribution in [2.24, 2.45) is 4.99 Å². The summed E-state index contributed by atoms with van der Waals surface area (Å²) in [6, 6.07) is 2.55. The molecule has 7 heteroatoms. The van der Waals surface area contributed by atoms with E-state index in [1.807, 2.05) is 0 Å². The number of halogens is 3. The Morgan fingerprint density at radius 3 is 2.75 bits per heavy atom. The lowest BCUT2D eigenvalue weighted by Gasteiger charge is -2.03. The summed E-state index contributed by atoms with van der Waals surface area (Å²) in [5.41, 5.74) is 0.306. The van der Waals surface area contributed by atoms with Crippen molar-refractivity contribution in [1.82, 2.24) is 5.32 Å². The van der Waals surface area contributed by atoms with Crippen LogP contribution in [0.15, 0.2) is 17.1 Å². The summed E-state index contributed by atoms with van der Waals surface area (Å²) in [6.07, 6.45) is 3.47. The highest BCUT2D eigenvalue weighted by Gasteiger charge is 2.09. The Labute approximate surface area is 106 Å². The van der Waals surface area contributed by atoms with Gasteiger partial charge in [0.25, 0.3) is 0 Å². The number of nitrogens with zero attached hydrogens (tertiary/aromatic N) is 2. The smallest absolute Gasteiger partial charge is 0.183 e. The van der Waals surface area contributed by atoms with Crippen LogP contribution >= 0.6 is 35.0 Å². The van der Waals surface area contributed by atoms with Gasteiger partial charge >= 0.3 is 0 Å². The minimum atomic E-state index is -0.607. The Bertz CT molecular complexity index is 471. The molecule has 0 saturated heterocycles. The molecule has 0 aliphatic heterocycles. The molecule has 0 saturated carbocycles. The Morgan fingerprint density at radius 1 is 1.50 bits per heavy atom. The van der Waals surface area contributed by atoms with Gasteiger partial charge in [-0.15, -0.1) is 0 Å². The van der Waals surface area contributed by atoms with Crippen molar-refractivity contribution in [3.05, 3.63) is 28.0 Å². The van der Waals surface area contributed by atoms with Gasteiger partial charge in [-0.05, 0) is 18.4 Å². The molecule has 16 heavy (non-hydrogen) atoms. The molecule has 3 nitrogen and oxygen atoms in total. The number of hydrogen-bond acceptors (Lipinski definition) is 3. The number of aliphatic imine (C=N–C) groups is 1. The van der Waals surface area contributed by atoms with E-state index in [9.17, 15) is 4.39 Å². The van der Waals surface area contributed by atoms with Crippen LogP contribution in [0.4, 0.5) is 10.1 Å². The summed E-state index contributed by atoms with van der Waals surface area (Å²) in [4.78, 5) is 4.03. The molecule has 1 aromatic carbocycles. The van der Waals surface area contributed by atoms with Crippen molar-refractivity contribution in [3.63, 3.8) is 0 Å². The number of rotatable bonds is 1. The molecule has 1 rings (SSSR count). The zero-order valence-electron chi connectivity index (χ0n) is 8.09. The van der Waals surface area contributed by atoms with Gasteiger partial charge in [-0.3, -0.25) is 5.32 Å². The standard InChI is InChI=1S/C9H6Cl2FN3S/c1-16-9(14-4-13)15-6-3-2-5(12)7(10)8(6)11/h2-3H,1H3,(H,14,15). The van der Waals surface area contributed by atoms with Crippen molar-refractivity contribution in [3.8, 4) is 6.19 Å². The van der Waals surface area contributed by atoms with Gasteiger partial charge in [-0.1, -0.05) is 35.0 Å². The van der Waals surface area contributed by atoms with Gasteiger partial charge in [-0.25, -0.2) is 9.38 Å². The predicted molar refractivity (Wildman–Crippen MR) is 65.8 cm³/mol. The largest absolute Gasteiger partial charge is 0.271 e. The molecule has 1 N–H and O–H groups in total. The summed E-state index contributed by atoms with van der Waals surface area (Å²) < 4.78 is 13.0. The van der Waals surface area contributed by atoms with Crippen LogP contribution in [-0.2, 0) is 0 Å². The van der Waals surface area contributed by atoms with Gasteiger partial charge in [0.2, 0.25) is 0 Å². The molecule has 0 aliphatic rings. The lowest BCUT2D eigenvalue weighted by Crippen LogP contribution is -2.12. The van der Waals surface area contributed by atoms with E-state index in [0.717, 1.165) is 6.07 Å². The molecule has 0 heterocycles.